The zero-order valence-electron chi connectivity index (χ0n) is 34.4. The maximum atomic E-state index is 11.4. The number of aliphatic hydroxyl groups is 1. The summed E-state index contributed by atoms with van der Waals surface area (Å²) < 4.78 is 38.4. The molecule has 3 unspecified atom stereocenters. The molecule has 0 spiro atoms. The summed E-state index contributed by atoms with van der Waals surface area (Å²) in [7, 11) is 9.41. The number of methoxy groups -OCH3 is 3. The summed E-state index contributed by atoms with van der Waals surface area (Å²) in [5.41, 5.74) is 6.95. The molecule has 4 aromatic rings. The van der Waals surface area contributed by atoms with Gasteiger partial charge in [0.05, 0.1) is 21.3 Å². The van der Waals surface area contributed by atoms with Crippen molar-refractivity contribution in [3.63, 3.8) is 0 Å². The summed E-state index contributed by atoms with van der Waals surface area (Å²) in [5, 5.41) is 11.4. The molecule has 0 aliphatic carbocycles. The second-order valence-corrected chi connectivity index (χ2v) is 15.9. The number of benzene rings is 4. The van der Waals surface area contributed by atoms with Crippen molar-refractivity contribution in [2.24, 2.45) is 0 Å². The Morgan fingerprint density at radius 3 is 2.04 bits per heavy atom. The first-order valence-electron chi connectivity index (χ1n) is 20.5. The number of nitrogens with zero attached hydrogens (tertiary/aromatic N) is 4. The van der Waals surface area contributed by atoms with E-state index in [9.17, 15) is 5.11 Å². The van der Waals surface area contributed by atoms with E-state index >= 15 is 0 Å². The maximum Gasteiger partial charge on any atom is 0.204 e. The van der Waals surface area contributed by atoms with Crippen LogP contribution in [0.5, 0.6) is 46.0 Å². The number of ether oxygens (including phenoxy) is 6. The summed E-state index contributed by atoms with van der Waals surface area (Å²) in [6, 6.07) is 21.0. The molecule has 0 aromatic heterocycles. The molecule has 1 N–H and O–H groups in total. The van der Waals surface area contributed by atoms with Gasteiger partial charge in [-0.05, 0) is 117 Å². The fraction of sp³-hybridized carbons (Fsp3) is 0.478. The van der Waals surface area contributed by atoms with Crippen molar-refractivity contribution >= 4 is 0 Å². The van der Waals surface area contributed by atoms with Gasteiger partial charge in [-0.15, -0.1) is 0 Å². The lowest BCUT2D eigenvalue weighted by Crippen LogP contribution is -2.49. The van der Waals surface area contributed by atoms with Crippen molar-refractivity contribution in [1.82, 2.24) is 19.6 Å². The Balaban J connectivity index is 1.26. The molecule has 5 aliphatic heterocycles. The number of piperazine rings is 1. The van der Waals surface area contributed by atoms with Crippen molar-refractivity contribution in [3.8, 4) is 46.0 Å². The Labute approximate surface area is 337 Å². The van der Waals surface area contributed by atoms with E-state index in [-0.39, 0.29) is 18.7 Å². The highest BCUT2D eigenvalue weighted by molar-refractivity contribution is 5.64. The normalized spacial score (nSPS) is 20.7. The molecule has 5 aliphatic rings. The van der Waals surface area contributed by atoms with Crippen LogP contribution in [0.25, 0.3) is 0 Å². The number of aliphatic hydroxyl groups excluding tert-OH is 1. The van der Waals surface area contributed by atoms with Crippen LogP contribution in [0.15, 0.2) is 60.7 Å². The largest absolute Gasteiger partial charge is 0.493 e. The third-order valence-corrected chi connectivity index (χ3v) is 12.4. The minimum Gasteiger partial charge on any atom is -0.493 e. The summed E-state index contributed by atoms with van der Waals surface area (Å²) in [6.07, 6.45) is 2.50. The highest BCUT2D eigenvalue weighted by Gasteiger charge is 2.35. The Morgan fingerprint density at radius 2 is 1.32 bits per heavy atom. The molecular weight excluding hydrogens is 721 g/mol. The van der Waals surface area contributed by atoms with Crippen LogP contribution in [0.3, 0.4) is 0 Å². The molecule has 9 rings (SSSR count). The fourth-order valence-corrected chi connectivity index (χ4v) is 9.04. The summed E-state index contributed by atoms with van der Waals surface area (Å²) in [6.45, 7) is 9.51. The molecule has 0 radical (unpaired) electrons. The topological polar surface area (TPSA) is 88.6 Å². The molecule has 11 nitrogen and oxygen atoms in total. The molecule has 4 aromatic carbocycles. The first-order valence-corrected chi connectivity index (χ1v) is 20.5. The quantitative estimate of drug-likeness (QED) is 0.201. The van der Waals surface area contributed by atoms with E-state index in [1.54, 1.807) is 21.3 Å². The number of β-amino-alcohol motifs (C(OH)–C–C–N with tert-alkyl or cyclic N) is 1. The molecule has 1 fully saturated rings. The maximum absolute atomic E-state index is 11.4. The van der Waals surface area contributed by atoms with Gasteiger partial charge in [0.25, 0.3) is 0 Å². The third kappa shape index (κ3) is 8.27. The zero-order valence-corrected chi connectivity index (χ0v) is 34.4. The number of likely N-dealkylation sites (N-methyl/N-ethyl adjacent to an activating group) is 3. The monoisotopic (exact) mass is 778 g/mol. The zero-order chi connectivity index (χ0) is 39.6. The number of hydrogen-bond donors (Lipinski definition) is 1. The highest BCUT2D eigenvalue weighted by atomic mass is 16.6. The van der Waals surface area contributed by atoms with E-state index in [0.717, 1.165) is 87.5 Å². The lowest BCUT2D eigenvalue weighted by Gasteiger charge is -2.38. The Bertz CT molecular complexity index is 2030. The van der Waals surface area contributed by atoms with Crippen LogP contribution < -0.4 is 28.4 Å². The van der Waals surface area contributed by atoms with E-state index in [4.69, 9.17) is 28.4 Å². The molecule has 6 bridgehead atoms. The second kappa shape index (κ2) is 17.1. The van der Waals surface area contributed by atoms with Crippen LogP contribution in [-0.4, -0.2) is 125 Å². The van der Waals surface area contributed by atoms with E-state index in [2.05, 4.69) is 83.1 Å². The second-order valence-electron chi connectivity index (χ2n) is 15.9. The van der Waals surface area contributed by atoms with Gasteiger partial charge in [0.15, 0.2) is 34.5 Å². The van der Waals surface area contributed by atoms with Gasteiger partial charge >= 0.3 is 0 Å². The van der Waals surface area contributed by atoms with Crippen LogP contribution >= 0.6 is 0 Å². The van der Waals surface area contributed by atoms with Gasteiger partial charge in [-0.3, -0.25) is 14.7 Å². The van der Waals surface area contributed by atoms with Crippen molar-refractivity contribution < 1.29 is 33.5 Å². The molecule has 3 atom stereocenters. The van der Waals surface area contributed by atoms with Gasteiger partial charge in [0.1, 0.15) is 18.5 Å². The number of hydrogen-bond acceptors (Lipinski definition) is 11. The Morgan fingerprint density at radius 1 is 0.684 bits per heavy atom. The van der Waals surface area contributed by atoms with Crippen molar-refractivity contribution in [1.29, 1.82) is 0 Å². The van der Waals surface area contributed by atoms with Gasteiger partial charge in [0.2, 0.25) is 5.75 Å². The fourth-order valence-electron chi connectivity index (χ4n) is 9.04. The average molecular weight is 779 g/mol. The lowest BCUT2D eigenvalue weighted by atomic mass is 9.87. The van der Waals surface area contributed by atoms with Gasteiger partial charge in [-0.2, -0.15) is 0 Å². The minimum atomic E-state index is -0.704. The van der Waals surface area contributed by atoms with E-state index in [1.807, 2.05) is 18.2 Å². The first kappa shape index (κ1) is 39.3. The number of fused-ring (bicyclic) bond motifs is 2. The molecule has 304 valence electrons. The van der Waals surface area contributed by atoms with E-state index in [0.29, 0.717) is 53.2 Å². The van der Waals surface area contributed by atoms with Crippen LogP contribution in [0.4, 0.5) is 0 Å². The smallest absolute Gasteiger partial charge is 0.204 e. The van der Waals surface area contributed by atoms with Crippen LogP contribution in [0.2, 0.25) is 0 Å². The molecule has 11 heteroatoms. The predicted octanol–water partition coefficient (Wildman–Crippen LogP) is 6.53. The van der Waals surface area contributed by atoms with E-state index in [1.165, 1.54) is 16.7 Å². The van der Waals surface area contributed by atoms with Crippen molar-refractivity contribution in [2.45, 2.75) is 50.8 Å². The van der Waals surface area contributed by atoms with Crippen molar-refractivity contribution in [3.05, 3.63) is 94.0 Å². The van der Waals surface area contributed by atoms with Gasteiger partial charge in [-0.1, -0.05) is 25.1 Å². The van der Waals surface area contributed by atoms with Gasteiger partial charge < -0.3 is 38.4 Å². The number of rotatable bonds is 9. The van der Waals surface area contributed by atoms with Crippen LogP contribution in [-0.2, 0) is 25.7 Å². The summed E-state index contributed by atoms with van der Waals surface area (Å²) in [4.78, 5) is 9.56. The first-order chi connectivity index (χ1) is 27.7. The average Bonchev–Trinajstić information content (AvgIpc) is 3.22. The van der Waals surface area contributed by atoms with Gasteiger partial charge in [-0.25, -0.2) is 0 Å². The Hall–Kier alpha value is -4.52. The standard InChI is InChI=1S/C46H58N4O7/c1-7-49-18-20-50(21-19-49)28-34(51)29-55-45-43(54-6)26-33-15-17-48(3)38-23-31-10-13-39(52-4)41(24-31)56-35-11-8-30(9-12-35)22-37-36-27-42(57-46(45)44(33)38)40(53-5)25-32(36)14-16-47(37)2/h8-13,24-27,34,37-38,51H,7,14-23,28-29H2,1-6H3. The molecule has 5 heterocycles. The van der Waals surface area contributed by atoms with Crippen molar-refractivity contribution in [2.75, 3.05) is 94.4 Å². The third-order valence-electron chi connectivity index (χ3n) is 12.4. The molecule has 1 saturated heterocycles. The molecule has 57 heavy (non-hydrogen) atoms. The lowest BCUT2D eigenvalue weighted by molar-refractivity contribution is 0.0458. The predicted molar refractivity (Wildman–Crippen MR) is 221 cm³/mol. The SMILES string of the molecule is CCN1CCN(CC(O)COc2c(OC)cc3c4c2Oc2cc5c(cc2OC)CCN(C)C5Cc2ccc(cc2)Oc2cc(ccc2OC)CC4N(C)CC3)CC1. The van der Waals surface area contributed by atoms with Crippen LogP contribution in [0, 0.1) is 0 Å². The highest BCUT2D eigenvalue weighted by Crippen LogP contribution is 2.52. The molecule has 0 amide bonds. The molecule has 0 saturated carbocycles. The summed E-state index contributed by atoms with van der Waals surface area (Å²) in [5.74, 6) is 5.03. The summed E-state index contributed by atoms with van der Waals surface area (Å²) >= 11 is 0. The molecular formula is C46H58N4O7. The van der Waals surface area contributed by atoms with E-state index < -0.39 is 6.10 Å². The van der Waals surface area contributed by atoms with Gasteiger partial charge in [0, 0.05) is 63.5 Å². The minimum absolute atomic E-state index is 0.0845. The van der Waals surface area contributed by atoms with Crippen LogP contribution in [0.1, 0.15) is 52.4 Å². The Kier molecular flexibility index (Phi) is 11.8.